The number of nitrogens with zero attached hydrogens (tertiary/aromatic N) is 1. The van der Waals surface area contributed by atoms with Crippen molar-refractivity contribution in [1.82, 2.24) is 10.6 Å². The molecule has 0 amide bonds. The summed E-state index contributed by atoms with van der Waals surface area (Å²) in [5, 5.41) is 6.48. The molecule has 1 atom stereocenters. The zero-order chi connectivity index (χ0) is 16.0. The minimum Gasteiger partial charge on any atom is -0.357 e. The van der Waals surface area contributed by atoms with Crippen molar-refractivity contribution in [3.63, 3.8) is 0 Å². The molecule has 0 aliphatic rings. The molecule has 0 radical (unpaired) electrons. The lowest BCUT2D eigenvalue weighted by molar-refractivity contribution is 0.680. The topological polar surface area (TPSA) is 53.5 Å². The average molecular weight is 324 g/mol. The highest BCUT2D eigenvalue weighted by molar-refractivity contribution is 7.84. The molecule has 0 spiro atoms. The largest absolute Gasteiger partial charge is 0.357 e. The van der Waals surface area contributed by atoms with Crippen molar-refractivity contribution in [2.75, 3.05) is 25.4 Å². The third-order valence-electron chi connectivity index (χ3n) is 3.17. The van der Waals surface area contributed by atoms with Gasteiger partial charge in [0.1, 0.15) is 0 Å². The Morgan fingerprint density at radius 2 is 1.91 bits per heavy atom. The van der Waals surface area contributed by atoms with Gasteiger partial charge in [-0.1, -0.05) is 50.1 Å². The number of nitrogens with one attached hydrogen (secondary N) is 2. The van der Waals surface area contributed by atoms with Crippen LogP contribution in [0.15, 0.2) is 35.3 Å². The maximum absolute atomic E-state index is 12.1. The summed E-state index contributed by atoms with van der Waals surface area (Å²) in [6.07, 6.45) is 3.54. The van der Waals surface area contributed by atoms with Gasteiger partial charge in [0.15, 0.2) is 5.96 Å². The van der Waals surface area contributed by atoms with E-state index >= 15 is 0 Å². The fourth-order valence-electron chi connectivity index (χ4n) is 2.01. The molecule has 4 nitrogen and oxygen atoms in total. The monoisotopic (exact) mass is 323 g/mol. The van der Waals surface area contributed by atoms with Gasteiger partial charge in [-0.2, -0.15) is 0 Å². The Morgan fingerprint density at radius 1 is 1.14 bits per heavy atom. The predicted octanol–water partition coefficient (Wildman–Crippen LogP) is 2.68. The van der Waals surface area contributed by atoms with E-state index < -0.39 is 10.8 Å². The normalized spacial score (nSPS) is 12.9. The lowest BCUT2D eigenvalue weighted by atomic mass is 10.2. The second-order valence-corrected chi connectivity index (χ2v) is 6.75. The maximum Gasteiger partial charge on any atom is 0.191 e. The Bertz CT molecular complexity index is 448. The Kier molecular flexibility index (Phi) is 10.4. The van der Waals surface area contributed by atoms with E-state index in [9.17, 15) is 4.21 Å². The van der Waals surface area contributed by atoms with Crippen LogP contribution in [-0.4, -0.2) is 35.6 Å². The molecule has 22 heavy (non-hydrogen) atoms. The van der Waals surface area contributed by atoms with Crippen LogP contribution in [0, 0.1) is 0 Å². The van der Waals surface area contributed by atoms with Crippen LogP contribution >= 0.6 is 0 Å². The summed E-state index contributed by atoms with van der Waals surface area (Å²) in [6.45, 7) is 6.61. The maximum atomic E-state index is 12.1. The zero-order valence-corrected chi connectivity index (χ0v) is 14.6. The minimum absolute atomic E-state index is 0.618. The summed E-state index contributed by atoms with van der Waals surface area (Å²) < 4.78 is 12.1. The van der Waals surface area contributed by atoms with Gasteiger partial charge in [0.25, 0.3) is 0 Å². The zero-order valence-electron chi connectivity index (χ0n) is 13.8. The molecule has 124 valence electrons. The summed E-state index contributed by atoms with van der Waals surface area (Å²) in [7, 11) is -0.845. The lowest BCUT2D eigenvalue weighted by Crippen LogP contribution is -2.39. The number of rotatable bonds is 10. The number of hydrogen-bond donors (Lipinski definition) is 2. The molecule has 0 bridgehead atoms. The fraction of sp³-hybridized carbons (Fsp3) is 0.588. The van der Waals surface area contributed by atoms with Gasteiger partial charge in [0.05, 0.1) is 0 Å². The second-order valence-electron chi connectivity index (χ2n) is 5.17. The number of guanidine groups is 1. The van der Waals surface area contributed by atoms with Gasteiger partial charge in [-0.3, -0.25) is 9.20 Å². The number of unbranched alkanes of at least 4 members (excludes halogenated alkanes) is 2. The van der Waals surface area contributed by atoms with E-state index in [0.29, 0.717) is 18.1 Å². The highest BCUT2D eigenvalue weighted by Gasteiger charge is 2.02. The molecule has 0 saturated carbocycles. The van der Waals surface area contributed by atoms with Crippen molar-refractivity contribution in [2.45, 2.75) is 38.9 Å². The number of aliphatic imine (C=N–C) groups is 1. The summed E-state index contributed by atoms with van der Waals surface area (Å²) in [5.74, 6) is 2.08. The lowest BCUT2D eigenvalue weighted by Gasteiger charge is -2.11. The first-order valence-electron chi connectivity index (χ1n) is 8.17. The number of hydrogen-bond acceptors (Lipinski definition) is 2. The third kappa shape index (κ3) is 8.82. The Hall–Kier alpha value is -1.36. The first-order valence-corrected chi connectivity index (χ1v) is 9.66. The van der Waals surface area contributed by atoms with Crippen LogP contribution in [0.2, 0.25) is 0 Å². The summed E-state index contributed by atoms with van der Waals surface area (Å²) in [5.41, 5.74) is 1.13. The van der Waals surface area contributed by atoms with Gasteiger partial charge in [0, 0.05) is 41.9 Å². The van der Waals surface area contributed by atoms with Gasteiger partial charge in [-0.15, -0.1) is 0 Å². The first-order chi connectivity index (χ1) is 10.8. The minimum atomic E-state index is -0.845. The van der Waals surface area contributed by atoms with Crippen molar-refractivity contribution < 1.29 is 4.21 Å². The van der Waals surface area contributed by atoms with E-state index in [1.807, 2.05) is 30.3 Å². The van der Waals surface area contributed by atoms with Crippen LogP contribution in [0.25, 0.3) is 0 Å². The first kappa shape index (κ1) is 18.7. The van der Waals surface area contributed by atoms with Gasteiger partial charge >= 0.3 is 0 Å². The van der Waals surface area contributed by atoms with Crippen LogP contribution in [0.4, 0.5) is 0 Å². The van der Waals surface area contributed by atoms with E-state index in [1.54, 1.807) is 0 Å². The summed E-state index contributed by atoms with van der Waals surface area (Å²) in [6, 6.07) is 9.98. The molecule has 5 heteroatoms. The predicted molar refractivity (Wildman–Crippen MR) is 96.7 cm³/mol. The van der Waals surface area contributed by atoms with E-state index in [0.717, 1.165) is 31.0 Å². The van der Waals surface area contributed by atoms with Gasteiger partial charge < -0.3 is 10.6 Å². The SMILES string of the molecule is CCCCCN=C(NCC)NCCS(=O)Cc1ccccc1. The van der Waals surface area contributed by atoms with Crippen molar-refractivity contribution in [3.8, 4) is 0 Å². The van der Waals surface area contributed by atoms with E-state index in [4.69, 9.17) is 0 Å². The Morgan fingerprint density at radius 3 is 2.59 bits per heavy atom. The highest BCUT2D eigenvalue weighted by Crippen LogP contribution is 2.02. The molecule has 0 aromatic heterocycles. The van der Waals surface area contributed by atoms with E-state index in [1.165, 1.54) is 12.8 Å². The molecule has 0 fully saturated rings. The molecule has 2 N–H and O–H groups in total. The molecule has 1 aromatic rings. The molecule has 0 aliphatic carbocycles. The molecule has 1 unspecified atom stereocenters. The van der Waals surface area contributed by atoms with Crippen LogP contribution < -0.4 is 10.6 Å². The van der Waals surface area contributed by atoms with Crippen molar-refractivity contribution >= 4 is 16.8 Å². The van der Waals surface area contributed by atoms with Crippen LogP contribution in [-0.2, 0) is 16.6 Å². The van der Waals surface area contributed by atoms with Gasteiger partial charge in [-0.05, 0) is 18.9 Å². The molecular formula is C17H29N3OS. The quantitative estimate of drug-likeness (QED) is 0.395. The fourth-order valence-corrected chi connectivity index (χ4v) is 3.05. The van der Waals surface area contributed by atoms with Crippen LogP contribution in [0.1, 0.15) is 38.7 Å². The molecule has 0 aliphatic heterocycles. The molecule has 0 saturated heterocycles. The Balaban J connectivity index is 2.28. The average Bonchev–Trinajstić information content (AvgIpc) is 2.52. The molecule has 1 aromatic carbocycles. The van der Waals surface area contributed by atoms with Crippen LogP contribution in [0.3, 0.4) is 0 Å². The summed E-state index contributed by atoms with van der Waals surface area (Å²) >= 11 is 0. The molecule has 1 rings (SSSR count). The molecular weight excluding hydrogens is 294 g/mol. The third-order valence-corrected chi connectivity index (χ3v) is 4.48. The molecule has 0 heterocycles. The van der Waals surface area contributed by atoms with Crippen LogP contribution in [0.5, 0.6) is 0 Å². The van der Waals surface area contributed by atoms with E-state index in [-0.39, 0.29) is 0 Å². The van der Waals surface area contributed by atoms with Crippen molar-refractivity contribution in [3.05, 3.63) is 35.9 Å². The standard InChI is InChI=1S/C17H29N3OS/c1-3-5-9-12-19-17(18-4-2)20-13-14-22(21)15-16-10-7-6-8-11-16/h6-8,10-11H,3-5,9,12-15H2,1-2H3,(H2,18,19,20). The van der Waals surface area contributed by atoms with E-state index in [2.05, 4.69) is 29.5 Å². The second kappa shape index (κ2) is 12.2. The van der Waals surface area contributed by atoms with Gasteiger partial charge in [-0.25, -0.2) is 0 Å². The number of benzene rings is 1. The highest BCUT2D eigenvalue weighted by atomic mass is 32.2. The van der Waals surface area contributed by atoms with Crippen molar-refractivity contribution in [1.29, 1.82) is 0 Å². The van der Waals surface area contributed by atoms with Gasteiger partial charge in [0.2, 0.25) is 0 Å². The Labute approximate surface area is 137 Å². The van der Waals surface area contributed by atoms with Crippen molar-refractivity contribution in [2.24, 2.45) is 4.99 Å². The summed E-state index contributed by atoms with van der Waals surface area (Å²) in [4.78, 5) is 4.53. The smallest absolute Gasteiger partial charge is 0.191 e.